The van der Waals surface area contributed by atoms with Gasteiger partial charge in [-0.25, -0.2) is 0 Å². The zero-order valence-electron chi connectivity index (χ0n) is 20.7. The van der Waals surface area contributed by atoms with E-state index in [1.807, 2.05) is 0 Å². The summed E-state index contributed by atoms with van der Waals surface area (Å²) in [6.07, 6.45) is 0. The Hall–Kier alpha value is -2.62. The van der Waals surface area contributed by atoms with Crippen LogP contribution in [-0.2, 0) is 14.7 Å². The lowest BCUT2D eigenvalue weighted by atomic mass is 9.74. The molecule has 0 amide bonds. The normalized spacial score (nSPS) is 18.3. The van der Waals surface area contributed by atoms with Crippen LogP contribution in [0.2, 0.25) is 0 Å². The summed E-state index contributed by atoms with van der Waals surface area (Å²) in [6, 6.07) is 22.6. The maximum atomic E-state index is 6.45. The molecule has 1 fully saturated rings. The van der Waals surface area contributed by atoms with Gasteiger partial charge >= 0.3 is 7.12 Å². The Morgan fingerprint density at radius 1 is 0.576 bits per heavy atom. The summed E-state index contributed by atoms with van der Waals surface area (Å²) in [6.45, 7) is 15.3. The smallest absolute Gasteiger partial charge is 0.399 e. The summed E-state index contributed by atoms with van der Waals surface area (Å²) in [7, 11) is -0.375. The fourth-order valence-corrected chi connectivity index (χ4v) is 5.56. The lowest BCUT2D eigenvalue weighted by molar-refractivity contribution is 0.00578. The molecule has 0 aromatic heterocycles. The Balaban J connectivity index is 1.71. The summed E-state index contributed by atoms with van der Waals surface area (Å²) in [4.78, 5) is 0. The van der Waals surface area contributed by atoms with Crippen LogP contribution in [0.15, 0.2) is 60.7 Å². The highest BCUT2D eigenvalue weighted by Gasteiger charge is 2.52. The van der Waals surface area contributed by atoms with Gasteiger partial charge in [-0.2, -0.15) is 0 Å². The molecule has 1 heterocycles. The van der Waals surface area contributed by atoms with Gasteiger partial charge in [-0.05, 0) is 87.2 Å². The summed E-state index contributed by atoms with van der Waals surface area (Å²) in [5.41, 5.74) is 1.87. The maximum absolute atomic E-state index is 6.45. The van der Waals surface area contributed by atoms with Crippen LogP contribution in [0, 0.1) is 0 Å². The topological polar surface area (TPSA) is 18.5 Å². The minimum Gasteiger partial charge on any atom is -0.399 e. The zero-order valence-corrected chi connectivity index (χ0v) is 20.7. The summed E-state index contributed by atoms with van der Waals surface area (Å²) >= 11 is 0. The highest BCUT2D eigenvalue weighted by Crippen LogP contribution is 2.43. The van der Waals surface area contributed by atoms with Crippen molar-refractivity contribution >= 4 is 55.7 Å². The first-order valence-electron chi connectivity index (χ1n) is 12.0. The number of hydrogen-bond acceptors (Lipinski definition) is 2. The van der Waals surface area contributed by atoms with E-state index in [9.17, 15) is 0 Å². The van der Waals surface area contributed by atoms with Gasteiger partial charge in [-0.3, -0.25) is 0 Å². The minimum absolute atomic E-state index is 0.0874. The molecule has 166 valence electrons. The van der Waals surface area contributed by atoms with E-state index in [4.69, 9.17) is 9.31 Å². The molecular formula is C30H31BO2. The van der Waals surface area contributed by atoms with E-state index in [2.05, 4.69) is 109 Å². The fraction of sp³-hybridized carbons (Fsp3) is 0.333. The highest BCUT2D eigenvalue weighted by atomic mass is 16.7. The van der Waals surface area contributed by atoms with Gasteiger partial charge in [0.1, 0.15) is 0 Å². The quantitative estimate of drug-likeness (QED) is 0.156. The summed E-state index contributed by atoms with van der Waals surface area (Å²) in [5, 5.41) is 10.5. The third-order valence-electron chi connectivity index (χ3n) is 8.01. The molecule has 5 aromatic carbocycles. The van der Waals surface area contributed by atoms with Crippen LogP contribution in [0.25, 0.3) is 43.1 Å². The van der Waals surface area contributed by atoms with Crippen molar-refractivity contribution in [2.45, 2.75) is 65.1 Å². The van der Waals surface area contributed by atoms with Gasteiger partial charge in [0.25, 0.3) is 0 Å². The van der Waals surface area contributed by atoms with Crippen LogP contribution in [0.4, 0.5) is 0 Å². The molecule has 0 saturated carbocycles. The second kappa shape index (κ2) is 6.49. The number of rotatable bonds is 1. The van der Waals surface area contributed by atoms with Crippen molar-refractivity contribution in [2.24, 2.45) is 0 Å². The Morgan fingerprint density at radius 2 is 1.03 bits per heavy atom. The maximum Gasteiger partial charge on any atom is 0.495 e. The van der Waals surface area contributed by atoms with E-state index in [-0.39, 0.29) is 23.7 Å². The summed E-state index contributed by atoms with van der Waals surface area (Å²) in [5.74, 6) is 0. The van der Waals surface area contributed by atoms with Crippen LogP contribution < -0.4 is 5.46 Å². The second-order valence-corrected chi connectivity index (χ2v) is 11.7. The molecule has 0 unspecified atom stereocenters. The molecule has 33 heavy (non-hydrogen) atoms. The third kappa shape index (κ3) is 2.82. The van der Waals surface area contributed by atoms with Crippen molar-refractivity contribution in [1.82, 2.24) is 0 Å². The van der Waals surface area contributed by atoms with Gasteiger partial charge in [0.05, 0.1) is 11.2 Å². The van der Waals surface area contributed by atoms with Gasteiger partial charge < -0.3 is 9.31 Å². The first kappa shape index (κ1) is 21.0. The lowest BCUT2D eigenvalue weighted by Gasteiger charge is -2.32. The van der Waals surface area contributed by atoms with Crippen LogP contribution in [0.3, 0.4) is 0 Å². The predicted molar refractivity (Wildman–Crippen MR) is 142 cm³/mol. The second-order valence-electron chi connectivity index (χ2n) is 11.7. The van der Waals surface area contributed by atoms with Crippen molar-refractivity contribution in [3.63, 3.8) is 0 Å². The Kier molecular flexibility index (Phi) is 4.12. The monoisotopic (exact) mass is 434 g/mol. The molecule has 2 nitrogen and oxygen atoms in total. The van der Waals surface area contributed by atoms with Gasteiger partial charge in [0.2, 0.25) is 0 Å². The van der Waals surface area contributed by atoms with Crippen LogP contribution in [-0.4, -0.2) is 18.3 Å². The lowest BCUT2D eigenvalue weighted by Crippen LogP contribution is -2.41. The summed E-state index contributed by atoms with van der Waals surface area (Å²) < 4.78 is 12.9. The van der Waals surface area contributed by atoms with Crippen molar-refractivity contribution in [2.75, 3.05) is 0 Å². The molecule has 0 N–H and O–H groups in total. The van der Waals surface area contributed by atoms with Crippen LogP contribution in [0.5, 0.6) is 0 Å². The average Bonchev–Trinajstić information content (AvgIpc) is 2.97. The van der Waals surface area contributed by atoms with E-state index in [1.165, 1.54) is 48.7 Å². The van der Waals surface area contributed by atoms with E-state index >= 15 is 0 Å². The number of hydrogen-bond donors (Lipinski definition) is 0. The molecule has 0 aliphatic carbocycles. The van der Waals surface area contributed by atoms with Crippen LogP contribution >= 0.6 is 0 Å². The largest absolute Gasteiger partial charge is 0.495 e. The van der Waals surface area contributed by atoms with Crippen molar-refractivity contribution in [3.05, 3.63) is 66.2 Å². The van der Waals surface area contributed by atoms with E-state index in [0.717, 1.165) is 5.46 Å². The Labute approximate surface area is 196 Å². The van der Waals surface area contributed by atoms with E-state index in [1.54, 1.807) is 0 Å². The fourth-order valence-electron chi connectivity index (χ4n) is 5.56. The van der Waals surface area contributed by atoms with Crippen molar-refractivity contribution in [3.8, 4) is 0 Å². The molecular weight excluding hydrogens is 403 g/mol. The Morgan fingerprint density at radius 3 is 1.61 bits per heavy atom. The third-order valence-corrected chi connectivity index (χ3v) is 8.01. The van der Waals surface area contributed by atoms with Crippen molar-refractivity contribution < 1.29 is 9.31 Å². The average molecular weight is 434 g/mol. The molecule has 0 spiro atoms. The van der Waals surface area contributed by atoms with E-state index in [0.29, 0.717) is 0 Å². The SMILES string of the molecule is CC(C)(C)c1ccc2c3ccc(B4OC(C)(C)C(C)(C)O4)c4cccc(c5cccc1c52)c43. The zero-order chi connectivity index (χ0) is 23.3. The molecule has 0 radical (unpaired) electrons. The van der Waals surface area contributed by atoms with Crippen LogP contribution in [0.1, 0.15) is 54.0 Å². The minimum atomic E-state index is -0.375. The molecule has 3 heteroatoms. The molecule has 1 saturated heterocycles. The number of fused-ring (bicyclic) bond motifs is 2. The Bertz CT molecular complexity index is 1520. The van der Waals surface area contributed by atoms with Gasteiger partial charge in [0, 0.05) is 0 Å². The highest BCUT2D eigenvalue weighted by molar-refractivity contribution is 6.65. The van der Waals surface area contributed by atoms with Gasteiger partial charge in [0.15, 0.2) is 0 Å². The van der Waals surface area contributed by atoms with Gasteiger partial charge in [-0.1, -0.05) is 81.4 Å². The first-order chi connectivity index (χ1) is 15.5. The number of benzene rings is 5. The molecule has 5 aromatic rings. The standard InChI is InChI=1S/C30H31BO2/c1-28(2,3)24-16-14-20-21-15-17-25(31-32-29(4,5)30(6,7)33-31)23-13-9-11-19(27(21)23)18-10-8-12-22(24)26(18)20/h8-17H,1-7H3. The first-order valence-corrected chi connectivity index (χ1v) is 12.0. The molecule has 6 rings (SSSR count). The van der Waals surface area contributed by atoms with E-state index < -0.39 is 0 Å². The molecule has 0 atom stereocenters. The molecule has 1 aliphatic rings. The van der Waals surface area contributed by atoms with Crippen molar-refractivity contribution in [1.29, 1.82) is 0 Å². The molecule has 1 aliphatic heterocycles. The molecule has 0 bridgehead atoms. The van der Waals surface area contributed by atoms with Gasteiger partial charge in [-0.15, -0.1) is 0 Å². The predicted octanol–water partition coefficient (Wildman–Crippen LogP) is 7.33.